The summed E-state index contributed by atoms with van der Waals surface area (Å²) in [7, 11) is 0. The average Bonchev–Trinajstić information content (AvgIpc) is 2.33. The Labute approximate surface area is 105 Å². The largest absolute Gasteiger partial charge is 0.436 e. The molecule has 1 N–H and O–H groups in total. The molecule has 0 aliphatic rings. The molecule has 0 saturated heterocycles. The van der Waals surface area contributed by atoms with Gasteiger partial charge >= 0.3 is 0 Å². The number of hydrogen-bond donors (Lipinski definition) is 1. The van der Waals surface area contributed by atoms with Gasteiger partial charge in [-0.15, -0.1) is 0 Å². The van der Waals surface area contributed by atoms with Crippen molar-refractivity contribution in [2.75, 3.05) is 11.9 Å². The molecule has 5 heteroatoms. The first-order chi connectivity index (χ1) is 8.29. The lowest BCUT2D eigenvalue weighted by Crippen LogP contribution is -2.00. The Balaban J connectivity index is 2.18. The fourth-order valence-corrected chi connectivity index (χ4v) is 1.48. The quantitative estimate of drug-likeness (QED) is 0.903. The molecule has 1 aromatic heterocycles. The van der Waals surface area contributed by atoms with Crippen LogP contribution in [-0.2, 0) is 0 Å². The molecule has 0 bridgehead atoms. The monoisotopic (exact) mass is 249 g/mol. The van der Waals surface area contributed by atoms with Gasteiger partial charge in [0.15, 0.2) is 0 Å². The second-order valence-electron chi connectivity index (χ2n) is 3.31. The van der Waals surface area contributed by atoms with Gasteiger partial charge in [-0.25, -0.2) is 0 Å². The highest BCUT2D eigenvalue weighted by Crippen LogP contribution is 2.27. The van der Waals surface area contributed by atoms with Crippen molar-refractivity contribution in [3.8, 4) is 11.6 Å². The number of hydrogen-bond acceptors (Lipinski definition) is 4. The van der Waals surface area contributed by atoms with Crippen LogP contribution in [-0.4, -0.2) is 16.5 Å². The number of aromatic nitrogens is 2. The third kappa shape index (κ3) is 3.07. The van der Waals surface area contributed by atoms with Gasteiger partial charge < -0.3 is 10.1 Å². The fourth-order valence-electron chi connectivity index (χ4n) is 1.30. The van der Waals surface area contributed by atoms with Gasteiger partial charge in [0.2, 0.25) is 5.88 Å². The number of benzene rings is 1. The molecular formula is C12H12ClN3O. The highest BCUT2D eigenvalue weighted by atomic mass is 35.5. The minimum absolute atomic E-state index is 0.413. The molecule has 0 radical (unpaired) electrons. The molecule has 88 valence electrons. The lowest BCUT2D eigenvalue weighted by molar-refractivity contribution is 0.461. The second kappa shape index (κ2) is 5.50. The van der Waals surface area contributed by atoms with E-state index in [1.54, 1.807) is 24.5 Å². The summed E-state index contributed by atoms with van der Waals surface area (Å²) in [4.78, 5) is 8.28. The van der Waals surface area contributed by atoms with E-state index in [9.17, 15) is 0 Å². The number of halogens is 1. The lowest BCUT2D eigenvalue weighted by atomic mass is 10.3. The molecule has 0 aliphatic carbocycles. The van der Waals surface area contributed by atoms with E-state index in [0.717, 1.165) is 6.54 Å². The number of nitrogens with zero attached hydrogens (tertiary/aromatic N) is 2. The molecule has 0 fully saturated rings. The summed E-state index contributed by atoms with van der Waals surface area (Å²) in [5.74, 6) is 1.66. The summed E-state index contributed by atoms with van der Waals surface area (Å²) < 4.78 is 5.55. The Morgan fingerprint density at radius 2 is 2.12 bits per heavy atom. The van der Waals surface area contributed by atoms with Crippen LogP contribution in [0.4, 0.5) is 5.82 Å². The van der Waals surface area contributed by atoms with Crippen molar-refractivity contribution in [3.05, 3.63) is 41.7 Å². The summed E-state index contributed by atoms with van der Waals surface area (Å²) in [5, 5.41) is 3.61. The molecule has 1 heterocycles. The van der Waals surface area contributed by atoms with Crippen LogP contribution in [0.5, 0.6) is 11.6 Å². The predicted octanol–water partition coefficient (Wildman–Crippen LogP) is 3.35. The SMILES string of the molecule is CCNc1cncc(Oc2ccccc2Cl)n1. The topological polar surface area (TPSA) is 47.0 Å². The fraction of sp³-hybridized carbons (Fsp3) is 0.167. The van der Waals surface area contributed by atoms with Crippen molar-refractivity contribution in [1.82, 2.24) is 9.97 Å². The number of ether oxygens (including phenoxy) is 1. The zero-order valence-corrected chi connectivity index (χ0v) is 10.1. The summed E-state index contributed by atoms with van der Waals surface area (Å²) in [6.45, 7) is 2.77. The van der Waals surface area contributed by atoms with Crippen LogP contribution in [0.1, 0.15) is 6.92 Å². The van der Waals surface area contributed by atoms with Gasteiger partial charge in [0.25, 0.3) is 0 Å². The highest BCUT2D eigenvalue weighted by Gasteiger charge is 2.04. The molecule has 17 heavy (non-hydrogen) atoms. The van der Waals surface area contributed by atoms with Crippen LogP contribution in [0.25, 0.3) is 0 Å². The van der Waals surface area contributed by atoms with Crippen LogP contribution in [0.2, 0.25) is 5.02 Å². The lowest BCUT2D eigenvalue weighted by Gasteiger charge is -2.07. The van der Waals surface area contributed by atoms with Crippen molar-refractivity contribution < 1.29 is 4.74 Å². The smallest absolute Gasteiger partial charge is 0.239 e. The Morgan fingerprint density at radius 3 is 2.88 bits per heavy atom. The standard InChI is InChI=1S/C12H12ClN3O/c1-2-15-11-7-14-8-12(16-11)17-10-6-4-3-5-9(10)13/h3-8H,2H2,1H3,(H,15,16). The molecule has 0 amide bonds. The van der Waals surface area contributed by atoms with Crippen LogP contribution in [0.3, 0.4) is 0 Å². The van der Waals surface area contributed by atoms with Crippen LogP contribution < -0.4 is 10.1 Å². The number of rotatable bonds is 4. The molecule has 4 nitrogen and oxygen atoms in total. The second-order valence-corrected chi connectivity index (χ2v) is 3.71. The van der Waals surface area contributed by atoms with E-state index in [4.69, 9.17) is 16.3 Å². The average molecular weight is 250 g/mol. The Hall–Kier alpha value is -1.81. The first-order valence-corrected chi connectivity index (χ1v) is 5.65. The van der Waals surface area contributed by atoms with Crippen LogP contribution in [0.15, 0.2) is 36.7 Å². The Kier molecular flexibility index (Phi) is 3.77. The first-order valence-electron chi connectivity index (χ1n) is 5.28. The maximum Gasteiger partial charge on any atom is 0.239 e. The zero-order valence-electron chi connectivity index (χ0n) is 9.35. The molecule has 2 aromatic rings. The Morgan fingerprint density at radius 1 is 1.29 bits per heavy atom. The van der Waals surface area contributed by atoms with E-state index >= 15 is 0 Å². The molecule has 0 atom stereocenters. The van der Waals surface area contributed by atoms with Gasteiger partial charge in [0.05, 0.1) is 17.4 Å². The van der Waals surface area contributed by atoms with Crippen molar-refractivity contribution in [3.63, 3.8) is 0 Å². The maximum absolute atomic E-state index is 5.99. The number of nitrogens with one attached hydrogen (secondary N) is 1. The first kappa shape index (κ1) is 11.7. The summed E-state index contributed by atoms with van der Waals surface area (Å²) in [6.07, 6.45) is 3.19. The van der Waals surface area contributed by atoms with Crippen molar-refractivity contribution in [1.29, 1.82) is 0 Å². The molecule has 1 aromatic carbocycles. The van der Waals surface area contributed by atoms with E-state index in [2.05, 4.69) is 15.3 Å². The van der Waals surface area contributed by atoms with E-state index < -0.39 is 0 Å². The van der Waals surface area contributed by atoms with Crippen molar-refractivity contribution >= 4 is 17.4 Å². The molecular weight excluding hydrogens is 238 g/mol. The minimum atomic E-state index is 0.413. The number of para-hydroxylation sites is 1. The highest BCUT2D eigenvalue weighted by molar-refractivity contribution is 6.32. The van der Waals surface area contributed by atoms with Gasteiger partial charge in [-0.05, 0) is 19.1 Å². The number of anilines is 1. The molecule has 0 unspecified atom stereocenters. The van der Waals surface area contributed by atoms with Gasteiger partial charge in [0, 0.05) is 6.54 Å². The van der Waals surface area contributed by atoms with Crippen LogP contribution in [0, 0.1) is 0 Å². The maximum atomic E-state index is 5.99. The van der Waals surface area contributed by atoms with E-state index in [1.807, 2.05) is 19.1 Å². The van der Waals surface area contributed by atoms with Gasteiger partial charge in [0.1, 0.15) is 11.6 Å². The zero-order chi connectivity index (χ0) is 12.1. The van der Waals surface area contributed by atoms with Gasteiger partial charge in [-0.3, -0.25) is 4.98 Å². The molecule has 0 saturated carbocycles. The minimum Gasteiger partial charge on any atom is -0.436 e. The molecule has 0 aliphatic heterocycles. The Bertz CT molecular complexity index is 505. The van der Waals surface area contributed by atoms with E-state index in [-0.39, 0.29) is 0 Å². The van der Waals surface area contributed by atoms with Crippen molar-refractivity contribution in [2.45, 2.75) is 6.92 Å². The van der Waals surface area contributed by atoms with Gasteiger partial charge in [-0.2, -0.15) is 4.98 Å². The molecule has 0 spiro atoms. The molecule has 2 rings (SSSR count). The normalized spacial score (nSPS) is 10.0. The third-order valence-electron chi connectivity index (χ3n) is 2.02. The van der Waals surface area contributed by atoms with Gasteiger partial charge in [-0.1, -0.05) is 23.7 Å². The summed E-state index contributed by atoms with van der Waals surface area (Å²) in [6, 6.07) is 7.24. The van der Waals surface area contributed by atoms with Crippen LogP contribution >= 0.6 is 11.6 Å². The summed E-state index contributed by atoms with van der Waals surface area (Å²) >= 11 is 5.99. The van der Waals surface area contributed by atoms with Crippen molar-refractivity contribution in [2.24, 2.45) is 0 Å². The summed E-state index contributed by atoms with van der Waals surface area (Å²) in [5.41, 5.74) is 0. The van der Waals surface area contributed by atoms with E-state index in [0.29, 0.717) is 22.5 Å². The predicted molar refractivity (Wildman–Crippen MR) is 67.7 cm³/mol. The van der Waals surface area contributed by atoms with E-state index in [1.165, 1.54) is 0 Å². The third-order valence-corrected chi connectivity index (χ3v) is 2.33.